The Morgan fingerprint density at radius 2 is 1.86 bits per heavy atom. The van der Waals surface area contributed by atoms with E-state index in [0.29, 0.717) is 12.0 Å². The second-order valence-electron chi connectivity index (χ2n) is 5.09. The minimum atomic E-state index is -0.318. The first-order chi connectivity index (χ1) is 10.3. The zero-order chi connectivity index (χ0) is 14.7. The summed E-state index contributed by atoms with van der Waals surface area (Å²) >= 11 is 0. The van der Waals surface area contributed by atoms with Crippen LogP contribution in [-0.4, -0.2) is 18.7 Å². The molecule has 0 fully saturated rings. The normalized spacial score (nSPS) is 14.6. The van der Waals surface area contributed by atoms with E-state index in [1.54, 1.807) is 12.1 Å². The average molecular weight is 280 g/mol. The molecule has 107 valence electrons. The molecule has 0 aliphatic carbocycles. The fraction of sp³-hybridized carbons (Fsp3) is 0.222. The lowest BCUT2D eigenvalue weighted by Crippen LogP contribution is -2.37. The summed E-state index contributed by atoms with van der Waals surface area (Å²) in [5.41, 5.74) is 3.02. The summed E-state index contributed by atoms with van der Waals surface area (Å²) in [5.74, 6) is -0.298. The number of nitrogens with zero attached hydrogens (tertiary/aromatic N) is 1. The molecule has 21 heavy (non-hydrogen) atoms. The van der Waals surface area contributed by atoms with Crippen molar-refractivity contribution < 1.29 is 9.53 Å². The standard InChI is InChI=1S/C18H18NO2/c1-2-17(21-18(20)15-9-4-3-5-10-15)19-13-12-14-8-6-7-11-16(14)19/h3-11,17H,1-2,12-13H2. The Balaban J connectivity index is 1.76. The van der Waals surface area contributed by atoms with Gasteiger partial charge in [0.25, 0.3) is 0 Å². The predicted molar refractivity (Wildman–Crippen MR) is 83.1 cm³/mol. The molecule has 0 aromatic heterocycles. The van der Waals surface area contributed by atoms with Gasteiger partial charge in [-0.25, -0.2) is 4.79 Å². The topological polar surface area (TPSA) is 29.5 Å². The van der Waals surface area contributed by atoms with E-state index in [2.05, 4.69) is 24.0 Å². The first-order valence-electron chi connectivity index (χ1n) is 7.19. The summed E-state index contributed by atoms with van der Waals surface area (Å²) in [6, 6.07) is 17.3. The molecule has 2 aromatic rings. The number of hydrogen-bond acceptors (Lipinski definition) is 3. The second kappa shape index (κ2) is 6.00. The number of anilines is 1. The first-order valence-corrected chi connectivity index (χ1v) is 7.19. The molecule has 0 saturated heterocycles. The van der Waals surface area contributed by atoms with E-state index in [4.69, 9.17) is 4.74 Å². The van der Waals surface area contributed by atoms with Gasteiger partial charge in [-0.3, -0.25) is 0 Å². The molecule has 3 nitrogen and oxygen atoms in total. The van der Waals surface area contributed by atoms with Crippen LogP contribution in [0, 0.1) is 6.92 Å². The van der Waals surface area contributed by atoms with Gasteiger partial charge in [-0.2, -0.15) is 0 Å². The number of para-hydroxylation sites is 1. The number of benzene rings is 2. The molecule has 1 aliphatic rings. The summed E-state index contributed by atoms with van der Waals surface area (Å²) in [5, 5.41) is 0. The largest absolute Gasteiger partial charge is 0.438 e. The zero-order valence-electron chi connectivity index (χ0n) is 11.9. The SMILES string of the molecule is [CH2]CC(OC(=O)c1ccccc1)N1CCc2ccccc21. The van der Waals surface area contributed by atoms with Crippen molar-refractivity contribution in [3.05, 3.63) is 72.6 Å². The van der Waals surface area contributed by atoms with Gasteiger partial charge in [-0.1, -0.05) is 36.4 Å². The molecule has 3 heteroatoms. The van der Waals surface area contributed by atoms with Crippen molar-refractivity contribution >= 4 is 11.7 Å². The molecule has 1 radical (unpaired) electrons. The van der Waals surface area contributed by atoms with Crippen molar-refractivity contribution in [3.8, 4) is 0 Å². The third kappa shape index (κ3) is 2.77. The van der Waals surface area contributed by atoms with Crippen LogP contribution in [0.15, 0.2) is 54.6 Å². The third-order valence-corrected chi connectivity index (χ3v) is 3.77. The molecule has 1 heterocycles. The molecule has 1 aliphatic heterocycles. The van der Waals surface area contributed by atoms with Crippen LogP contribution in [0.5, 0.6) is 0 Å². The Morgan fingerprint density at radius 3 is 2.62 bits per heavy atom. The second-order valence-corrected chi connectivity index (χ2v) is 5.09. The molecule has 0 saturated carbocycles. The zero-order valence-corrected chi connectivity index (χ0v) is 11.9. The van der Waals surface area contributed by atoms with E-state index >= 15 is 0 Å². The summed E-state index contributed by atoms with van der Waals surface area (Å²) < 4.78 is 5.65. The maximum absolute atomic E-state index is 12.2. The van der Waals surface area contributed by atoms with E-state index in [1.165, 1.54) is 5.56 Å². The van der Waals surface area contributed by atoms with E-state index < -0.39 is 0 Å². The van der Waals surface area contributed by atoms with Crippen LogP contribution >= 0.6 is 0 Å². The number of carbonyl (C=O) groups excluding carboxylic acids is 1. The summed E-state index contributed by atoms with van der Waals surface area (Å²) in [6.07, 6.45) is 1.18. The molecule has 3 rings (SSSR count). The van der Waals surface area contributed by atoms with Crippen molar-refractivity contribution in [2.45, 2.75) is 19.1 Å². The fourth-order valence-electron chi connectivity index (χ4n) is 2.71. The van der Waals surface area contributed by atoms with Gasteiger partial charge >= 0.3 is 5.97 Å². The lowest BCUT2D eigenvalue weighted by molar-refractivity contribution is 0.0302. The molecule has 0 spiro atoms. The Bertz CT molecular complexity index is 624. The maximum Gasteiger partial charge on any atom is 0.340 e. The number of ether oxygens (including phenoxy) is 1. The fourth-order valence-corrected chi connectivity index (χ4v) is 2.71. The van der Waals surface area contributed by atoms with E-state index in [-0.39, 0.29) is 12.2 Å². The Morgan fingerprint density at radius 1 is 1.14 bits per heavy atom. The number of hydrogen-bond donors (Lipinski definition) is 0. The Hall–Kier alpha value is -2.29. The van der Waals surface area contributed by atoms with Gasteiger partial charge in [0.1, 0.15) is 0 Å². The minimum absolute atomic E-state index is 0.298. The van der Waals surface area contributed by atoms with Gasteiger partial charge in [0.05, 0.1) is 5.56 Å². The van der Waals surface area contributed by atoms with Crippen LogP contribution in [0.1, 0.15) is 22.3 Å². The smallest absolute Gasteiger partial charge is 0.340 e. The Labute approximate surface area is 125 Å². The predicted octanol–water partition coefficient (Wildman–Crippen LogP) is 3.46. The lowest BCUT2D eigenvalue weighted by Gasteiger charge is -2.29. The average Bonchev–Trinajstić information content (AvgIpc) is 2.97. The van der Waals surface area contributed by atoms with E-state index in [9.17, 15) is 4.79 Å². The summed E-state index contributed by atoms with van der Waals surface area (Å²) in [7, 11) is 0. The van der Waals surface area contributed by atoms with Gasteiger partial charge in [0.15, 0.2) is 6.23 Å². The highest BCUT2D eigenvalue weighted by atomic mass is 16.6. The molecular weight excluding hydrogens is 262 g/mol. The minimum Gasteiger partial charge on any atom is -0.438 e. The monoisotopic (exact) mass is 280 g/mol. The highest BCUT2D eigenvalue weighted by Gasteiger charge is 2.27. The van der Waals surface area contributed by atoms with Crippen molar-refractivity contribution in [3.63, 3.8) is 0 Å². The van der Waals surface area contributed by atoms with Crippen LogP contribution < -0.4 is 4.90 Å². The highest BCUT2D eigenvalue weighted by Crippen LogP contribution is 2.30. The molecule has 0 bridgehead atoms. The Kier molecular flexibility index (Phi) is 3.91. The lowest BCUT2D eigenvalue weighted by atomic mass is 10.2. The summed E-state index contributed by atoms with van der Waals surface area (Å²) in [6.45, 7) is 4.79. The highest BCUT2D eigenvalue weighted by molar-refractivity contribution is 5.89. The number of rotatable bonds is 4. The quantitative estimate of drug-likeness (QED) is 0.803. The molecule has 1 unspecified atom stereocenters. The van der Waals surface area contributed by atoms with Crippen LogP contribution in [0.2, 0.25) is 0 Å². The van der Waals surface area contributed by atoms with Gasteiger partial charge < -0.3 is 9.64 Å². The van der Waals surface area contributed by atoms with Crippen molar-refractivity contribution in [1.29, 1.82) is 0 Å². The van der Waals surface area contributed by atoms with Crippen LogP contribution in [-0.2, 0) is 11.2 Å². The van der Waals surface area contributed by atoms with Crippen LogP contribution in [0.4, 0.5) is 5.69 Å². The number of carbonyl (C=O) groups is 1. The molecule has 1 atom stereocenters. The van der Waals surface area contributed by atoms with Crippen LogP contribution in [0.3, 0.4) is 0 Å². The first kappa shape index (κ1) is 13.7. The van der Waals surface area contributed by atoms with E-state index in [0.717, 1.165) is 18.7 Å². The molecule has 0 amide bonds. The summed E-state index contributed by atoms with van der Waals surface area (Å²) in [4.78, 5) is 14.3. The van der Waals surface area contributed by atoms with Gasteiger partial charge in [0.2, 0.25) is 0 Å². The molecule has 2 aromatic carbocycles. The van der Waals surface area contributed by atoms with Gasteiger partial charge in [-0.05, 0) is 37.1 Å². The maximum atomic E-state index is 12.2. The number of esters is 1. The third-order valence-electron chi connectivity index (χ3n) is 3.77. The molecular formula is C18H18NO2. The number of fused-ring (bicyclic) bond motifs is 1. The van der Waals surface area contributed by atoms with Gasteiger partial charge in [-0.15, -0.1) is 0 Å². The molecule has 0 N–H and O–H groups in total. The van der Waals surface area contributed by atoms with Gasteiger partial charge in [0, 0.05) is 18.7 Å². The van der Waals surface area contributed by atoms with E-state index in [1.807, 2.05) is 30.3 Å². The van der Waals surface area contributed by atoms with Crippen molar-refractivity contribution in [2.75, 3.05) is 11.4 Å². The van der Waals surface area contributed by atoms with Crippen molar-refractivity contribution in [2.24, 2.45) is 0 Å². The van der Waals surface area contributed by atoms with Crippen molar-refractivity contribution in [1.82, 2.24) is 0 Å². The van der Waals surface area contributed by atoms with Crippen LogP contribution in [0.25, 0.3) is 0 Å².